The quantitative estimate of drug-likeness (QED) is 0.653. The lowest BCUT2D eigenvalue weighted by atomic mass is 10.1. The zero-order chi connectivity index (χ0) is 20.6. The van der Waals surface area contributed by atoms with Gasteiger partial charge in [0.15, 0.2) is 0 Å². The molecule has 3 N–H and O–H groups in total. The molecule has 0 atom stereocenters. The van der Waals surface area contributed by atoms with Crippen LogP contribution in [0.4, 0.5) is 23.2 Å². The Kier molecular flexibility index (Phi) is 4.72. The number of alkyl halides is 3. The molecule has 0 saturated carbocycles. The lowest BCUT2D eigenvalue weighted by Crippen LogP contribution is -2.18. The molecule has 1 heterocycles. The average Bonchev–Trinajstić information content (AvgIpc) is 2.98. The van der Waals surface area contributed by atoms with Gasteiger partial charge in [0.25, 0.3) is 11.8 Å². The van der Waals surface area contributed by atoms with Crippen LogP contribution in [0, 0.1) is 5.82 Å². The number of amides is 2. The highest BCUT2D eigenvalue weighted by atomic mass is 19.4. The summed E-state index contributed by atoms with van der Waals surface area (Å²) in [5.74, 6) is -3.51. The lowest BCUT2D eigenvalue weighted by molar-refractivity contribution is -0.140. The van der Waals surface area contributed by atoms with Crippen molar-refractivity contribution in [3.8, 4) is 5.75 Å². The molecule has 0 aliphatic carbocycles. The summed E-state index contributed by atoms with van der Waals surface area (Å²) in [7, 11) is 1.41. The van der Waals surface area contributed by atoms with E-state index in [0.717, 1.165) is 6.07 Å². The number of nitrogens with one attached hydrogen (secondary N) is 1. The van der Waals surface area contributed by atoms with Crippen LogP contribution in [-0.2, 0) is 6.18 Å². The Morgan fingerprint density at radius 2 is 1.86 bits per heavy atom. The normalized spacial score (nSPS) is 11.5. The van der Waals surface area contributed by atoms with Crippen LogP contribution in [0.1, 0.15) is 26.5 Å². The largest absolute Gasteiger partial charge is 0.497 e. The summed E-state index contributed by atoms with van der Waals surface area (Å²) in [6.07, 6.45) is -4.97. The lowest BCUT2D eigenvalue weighted by Gasteiger charge is -2.10. The molecule has 0 aliphatic heterocycles. The van der Waals surface area contributed by atoms with Crippen LogP contribution in [0.5, 0.6) is 5.75 Å². The maximum absolute atomic E-state index is 13.4. The van der Waals surface area contributed by atoms with Crippen molar-refractivity contribution in [2.45, 2.75) is 6.18 Å². The van der Waals surface area contributed by atoms with E-state index in [0.29, 0.717) is 17.9 Å². The van der Waals surface area contributed by atoms with Gasteiger partial charge in [0.05, 0.1) is 12.7 Å². The van der Waals surface area contributed by atoms with Gasteiger partial charge in [0.1, 0.15) is 22.8 Å². The number of ether oxygens (including phenoxy) is 1. The Balaban J connectivity index is 2.04. The molecule has 0 fully saturated rings. The van der Waals surface area contributed by atoms with E-state index < -0.39 is 40.7 Å². The van der Waals surface area contributed by atoms with Crippen LogP contribution in [-0.4, -0.2) is 18.9 Å². The van der Waals surface area contributed by atoms with E-state index in [4.69, 9.17) is 14.9 Å². The minimum atomic E-state index is -4.97. The van der Waals surface area contributed by atoms with Gasteiger partial charge in [-0.1, -0.05) is 0 Å². The Labute approximate surface area is 154 Å². The van der Waals surface area contributed by atoms with Crippen LogP contribution < -0.4 is 15.8 Å². The van der Waals surface area contributed by atoms with Crippen LogP contribution in [0.25, 0.3) is 11.0 Å². The fourth-order valence-corrected chi connectivity index (χ4v) is 2.57. The Hall–Kier alpha value is -3.56. The van der Waals surface area contributed by atoms with Gasteiger partial charge in [-0.3, -0.25) is 9.59 Å². The summed E-state index contributed by atoms with van der Waals surface area (Å²) in [4.78, 5) is 24.1. The summed E-state index contributed by atoms with van der Waals surface area (Å²) < 4.78 is 62.4. The number of primary amides is 1. The van der Waals surface area contributed by atoms with Gasteiger partial charge in [-0.2, -0.15) is 13.2 Å². The Bertz CT molecular complexity index is 1090. The van der Waals surface area contributed by atoms with Crippen LogP contribution in [0.3, 0.4) is 0 Å². The number of nitrogens with two attached hydrogens (primary N) is 1. The molecule has 1 aromatic heterocycles. The molecule has 6 nitrogen and oxygen atoms in total. The van der Waals surface area contributed by atoms with E-state index in [-0.39, 0.29) is 16.7 Å². The van der Waals surface area contributed by atoms with Crippen LogP contribution in [0.2, 0.25) is 0 Å². The van der Waals surface area contributed by atoms with Gasteiger partial charge in [0.2, 0.25) is 5.76 Å². The maximum Gasteiger partial charge on any atom is 0.419 e. The predicted molar refractivity (Wildman–Crippen MR) is 90.6 cm³/mol. The topological polar surface area (TPSA) is 94.6 Å². The highest BCUT2D eigenvalue weighted by Gasteiger charge is 2.35. The number of hydrogen-bond acceptors (Lipinski definition) is 4. The molecule has 0 aliphatic rings. The van der Waals surface area contributed by atoms with E-state index in [9.17, 15) is 27.2 Å². The van der Waals surface area contributed by atoms with Crippen LogP contribution in [0.15, 0.2) is 40.8 Å². The molecular weight excluding hydrogens is 384 g/mol. The summed E-state index contributed by atoms with van der Waals surface area (Å²) in [6, 6.07) is 6.24. The number of rotatable bonds is 4. The van der Waals surface area contributed by atoms with Crippen molar-refractivity contribution >= 4 is 28.5 Å². The summed E-state index contributed by atoms with van der Waals surface area (Å²) in [5.41, 5.74) is 3.25. The summed E-state index contributed by atoms with van der Waals surface area (Å²) >= 11 is 0. The molecular formula is C18H12F4N2O4. The SMILES string of the molecule is COc1ccc2c(NC(=O)c3ccc(F)c(C(F)(F)F)c3)c(C(N)=O)oc2c1. The van der Waals surface area contributed by atoms with Gasteiger partial charge in [-0.05, 0) is 30.3 Å². The molecule has 0 saturated heterocycles. The number of halogens is 4. The van der Waals surface area contributed by atoms with E-state index in [2.05, 4.69) is 5.32 Å². The van der Waals surface area contributed by atoms with E-state index >= 15 is 0 Å². The number of anilines is 1. The molecule has 3 aromatic rings. The molecule has 146 valence electrons. The average molecular weight is 396 g/mol. The minimum Gasteiger partial charge on any atom is -0.497 e. The van der Waals surface area contributed by atoms with E-state index in [1.165, 1.54) is 25.3 Å². The molecule has 2 amide bonds. The van der Waals surface area contributed by atoms with Crippen molar-refractivity contribution in [2.75, 3.05) is 12.4 Å². The molecule has 0 unspecified atom stereocenters. The first-order chi connectivity index (χ1) is 13.1. The molecule has 3 rings (SSSR count). The Morgan fingerprint density at radius 1 is 1.14 bits per heavy atom. The smallest absolute Gasteiger partial charge is 0.419 e. The Morgan fingerprint density at radius 3 is 2.46 bits per heavy atom. The third-order valence-corrected chi connectivity index (χ3v) is 3.89. The number of fused-ring (bicyclic) bond motifs is 1. The highest BCUT2D eigenvalue weighted by molar-refractivity contribution is 6.14. The minimum absolute atomic E-state index is 0.118. The monoisotopic (exact) mass is 396 g/mol. The first kappa shape index (κ1) is 19.2. The molecule has 0 spiro atoms. The fourth-order valence-electron chi connectivity index (χ4n) is 2.57. The third-order valence-electron chi connectivity index (χ3n) is 3.89. The molecule has 0 radical (unpaired) electrons. The second-order valence-corrected chi connectivity index (χ2v) is 5.68. The first-order valence-corrected chi connectivity index (χ1v) is 7.70. The van der Waals surface area contributed by atoms with Crippen molar-refractivity contribution in [3.63, 3.8) is 0 Å². The fraction of sp³-hybridized carbons (Fsp3) is 0.111. The molecule has 10 heteroatoms. The zero-order valence-corrected chi connectivity index (χ0v) is 14.2. The van der Waals surface area contributed by atoms with Crippen molar-refractivity contribution in [2.24, 2.45) is 5.73 Å². The molecule has 2 aromatic carbocycles. The van der Waals surface area contributed by atoms with Gasteiger partial charge in [-0.15, -0.1) is 0 Å². The van der Waals surface area contributed by atoms with E-state index in [1.807, 2.05) is 0 Å². The maximum atomic E-state index is 13.4. The molecule has 0 bridgehead atoms. The summed E-state index contributed by atoms with van der Waals surface area (Å²) in [5, 5.41) is 2.58. The molecule has 28 heavy (non-hydrogen) atoms. The van der Waals surface area contributed by atoms with Crippen molar-refractivity contribution < 1.29 is 36.3 Å². The zero-order valence-electron chi connectivity index (χ0n) is 14.2. The van der Waals surface area contributed by atoms with E-state index in [1.54, 1.807) is 0 Å². The van der Waals surface area contributed by atoms with Gasteiger partial charge in [0, 0.05) is 17.0 Å². The number of methoxy groups -OCH3 is 1. The second kappa shape index (κ2) is 6.87. The van der Waals surface area contributed by atoms with Crippen molar-refractivity contribution in [3.05, 3.63) is 59.1 Å². The number of carbonyl (C=O) groups is 2. The number of hydrogen-bond donors (Lipinski definition) is 2. The van der Waals surface area contributed by atoms with Crippen molar-refractivity contribution in [1.29, 1.82) is 0 Å². The number of benzene rings is 2. The van der Waals surface area contributed by atoms with Gasteiger partial charge in [-0.25, -0.2) is 4.39 Å². The highest BCUT2D eigenvalue weighted by Crippen LogP contribution is 2.35. The van der Waals surface area contributed by atoms with Gasteiger partial charge >= 0.3 is 6.18 Å². The standard InChI is InChI=1S/C18H12F4N2O4/c1-27-9-3-4-10-13(7-9)28-15(16(23)25)14(10)24-17(26)8-2-5-12(19)11(6-8)18(20,21)22/h2-7H,1H3,(H2,23,25)(H,24,26). The number of carbonyl (C=O) groups excluding carboxylic acids is 2. The van der Waals surface area contributed by atoms with Gasteiger partial charge < -0.3 is 20.2 Å². The second-order valence-electron chi connectivity index (χ2n) is 5.68. The predicted octanol–water partition coefficient (Wildman–Crippen LogP) is 3.95. The van der Waals surface area contributed by atoms with Crippen molar-refractivity contribution in [1.82, 2.24) is 0 Å². The third kappa shape index (κ3) is 3.48. The number of furan rings is 1. The summed E-state index contributed by atoms with van der Waals surface area (Å²) in [6.45, 7) is 0. The van der Waals surface area contributed by atoms with Crippen LogP contribution >= 0.6 is 0 Å². The first-order valence-electron chi connectivity index (χ1n) is 7.70.